The number of ether oxygens (including phenoxy) is 2. The van der Waals surface area contributed by atoms with Crippen LogP contribution in [0.25, 0.3) is 0 Å². The second-order valence-corrected chi connectivity index (χ2v) is 53.0. The largest absolute Gasteiger partial charge is 1.00 e. The number of aliphatic hydroxyl groups excluding tert-OH is 4. The molecule has 12 nitrogen and oxygen atoms in total. The van der Waals surface area contributed by atoms with E-state index in [-0.39, 0.29) is 122 Å². The van der Waals surface area contributed by atoms with Crippen molar-refractivity contribution in [1.82, 2.24) is 0 Å². The van der Waals surface area contributed by atoms with E-state index in [0.29, 0.717) is 63.2 Å². The molecular weight excluding hydrogens is 1450 g/mol. The molecule has 0 aromatic heterocycles. The molecule has 1 heterocycles. The molecule has 0 amide bonds. The summed E-state index contributed by atoms with van der Waals surface area (Å²) in [4.78, 5) is 23.1. The Morgan fingerprint density at radius 2 is 0.972 bits per heavy atom. The molecule has 2 saturated carbocycles. The second-order valence-electron chi connectivity index (χ2n) is 35.4. The van der Waals surface area contributed by atoms with E-state index >= 15 is 4.39 Å². The molecule has 0 radical (unpaired) electrons. The monoisotopic (exact) mass is 1580 g/mol. The minimum Gasteiger partial charge on any atom is -0.550 e. The third kappa shape index (κ3) is 24.2. The molecule has 19 heteroatoms. The van der Waals surface area contributed by atoms with Gasteiger partial charge < -0.3 is 53.1 Å². The molecular formula is C89H128F2KO12PSi3. The summed E-state index contributed by atoms with van der Waals surface area (Å²) in [6.45, 7) is 30.4. The third-order valence-corrected chi connectivity index (χ3v) is 42.3. The second kappa shape index (κ2) is 40.6. The van der Waals surface area contributed by atoms with Gasteiger partial charge in [-0.05, 0) is 199 Å². The van der Waals surface area contributed by atoms with Crippen molar-refractivity contribution in [2.75, 3.05) is 26.4 Å². The summed E-state index contributed by atoms with van der Waals surface area (Å²) in [5, 5.41) is 53.1. The van der Waals surface area contributed by atoms with Gasteiger partial charge in [-0.15, -0.1) is 0 Å². The Kier molecular flexibility index (Phi) is 34.4. The van der Waals surface area contributed by atoms with Gasteiger partial charge in [0.25, 0.3) is 0 Å². The van der Waals surface area contributed by atoms with E-state index < -0.39 is 87.6 Å². The fraction of sp³-hybridized carbons (Fsp3) is 0.562. The molecule has 10 rings (SSSR count). The Morgan fingerprint density at radius 3 is 1.39 bits per heavy atom. The first-order valence-corrected chi connectivity index (χ1v) is 50.0. The fourth-order valence-corrected chi connectivity index (χ4v) is 23.1. The zero-order valence-corrected chi connectivity index (χ0v) is 74.9. The molecule has 5 aromatic carbocycles. The van der Waals surface area contributed by atoms with Crippen molar-refractivity contribution in [2.24, 2.45) is 29.1 Å². The van der Waals surface area contributed by atoms with Gasteiger partial charge in [-0.25, -0.2) is 8.78 Å². The summed E-state index contributed by atoms with van der Waals surface area (Å²) in [6, 6.07) is 49.0. The van der Waals surface area contributed by atoms with Crippen LogP contribution in [0.4, 0.5) is 8.78 Å². The molecule has 9 atom stereocenters. The predicted molar refractivity (Wildman–Crippen MR) is 440 cm³/mol. The third-order valence-electron chi connectivity index (χ3n) is 24.6. The van der Waals surface area contributed by atoms with Crippen molar-refractivity contribution in [3.8, 4) is 0 Å². The number of hydrogen-bond acceptors (Lipinski definition) is 12. The van der Waals surface area contributed by atoms with Crippen LogP contribution in [-0.4, -0.2) is 133 Å². The van der Waals surface area contributed by atoms with E-state index in [1.807, 2.05) is 18.2 Å². The average molecular weight is 1580 g/mol. The van der Waals surface area contributed by atoms with Crippen molar-refractivity contribution in [3.05, 3.63) is 197 Å². The molecule has 4 unspecified atom stereocenters. The summed E-state index contributed by atoms with van der Waals surface area (Å²) >= 11 is 0. The van der Waals surface area contributed by atoms with Gasteiger partial charge in [-0.3, -0.25) is 4.79 Å². The van der Waals surface area contributed by atoms with Crippen LogP contribution in [-0.2, 0) is 58.0 Å². The summed E-state index contributed by atoms with van der Waals surface area (Å²) < 4.78 is 62.7. The number of alkyl halides is 2. The van der Waals surface area contributed by atoms with Crippen LogP contribution in [0.5, 0.6) is 0 Å². The van der Waals surface area contributed by atoms with Gasteiger partial charge in [-0.1, -0.05) is 232 Å². The summed E-state index contributed by atoms with van der Waals surface area (Å²) in [5.41, 5.74) is 6.08. The molecule has 588 valence electrons. The van der Waals surface area contributed by atoms with E-state index in [2.05, 4.69) is 253 Å². The molecule has 0 bridgehead atoms. The number of fused-ring (bicyclic) bond motifs is 3. The number of carbonyl (C=O) groups excluding carboxylic acids is 2. The normalized spacial score (nSPS) is 22.0. The standard InChI is InChI=1S/C41H69FO7Si2.C25H37FO3Si.C23H23O2P.K/c1-39(2,3)50(7,8)48-36(32-23-30-17-15-16-18-31(30)24-32)22-21-33-34(37(25-35(33)42)49-51(9,10)40(4,5)6)19-13-11-12-14-20-38(46)47-29-41(26-43,27-44)28-45;1-25(2,3)30(4,5)29-22(18-12-16-8-6-7-9-17(16)13-18)11-10-19-20-14-24(27)28-23(20)15-21(19)26;24-23(25)18-10-11-19-26(20-12-4-1-5-13-20,21-14-6-2-7-15-21)22-16-8-3-9-17-22;/h11,13,15-18,21,32,34-37,43-45H,12,14,19-20,22-29H2,1-10H3;6-10,18,20-24,27H,11-15H2,1-5H3;1-9,12-17,19H,10-11,18H2,(H,24,25);/q;;;+1/p-1/b13-11-,33-21+;19-10+;;/t34-,35+,36-,37+;20?,21-,22?,23?,24?;;/m10../s1. The smallest absolute Gasteiger partial charge is 0.550 e. The van der Waals surface area contributed by atoms with Crippen molar-refractivity contribution < 1.29 is 118 Å². The average Bonchev–Trinajstić information content (AvgIpc) is 1.11. The van der Waals surface area contributed by atoms with Crippen LogP contribution in [0.1, 0.15) is 162 Å². The topological polar surface area (TPSA) is 184 Å². The van der Waals surface area contributed by atoms with E-state index in [1.165, 1.54) is 38.2 Å². The maximum absolute atomic E-state index is 16.2. The zero-order valence-electron chi connectivity index (χ0n) is 67.9. The van der Waals surface area contributed by atoms with Crippen LogP contribution in [0.3, 0.4) is 0 Å². The Labute approximate surface area is 692 Å². The minimum atomic E-state index is -2.16. The maximum Gasteiger partial charge on any atom is 1.00 e. The Hall–Kier alpha value is -3.61. The van der Waals surface area contributed by atoms with Gasteiger partial charge >= 0.3 is 57.4 Å². The van der Waals surface area contributed by atoms with E-state index in [1.54, 1.807) is 0 Å². The first-order valence-electron chi connectivity index (χ1n) is 39.4. The molecule has 5 aromatic rings. The number of rotatable bonds is 30. The number of benzene rings is 5. The maximum atomic E-state index is 16.2. The Bertz CT molecular complexity index is 3630. The number of carboxylic acids is 1. The summed E-state index contributed by atoms with van der Waals surface area (Å²) in [7, 11) is -6.22. The van der Waals surface area contributed by atoms with E-state index in [9.17, 15) is 39.5 Å². The van der Waals surface area contributed by atoms with Crippen molar-refractivity contribution in [3.63, 3.8) is 0 Å². The van der Waals surface area contributed by atoms with E-state index in [0.717, 1.165) is 49.7 Å². The van der Waals surface area contributed by atoms with Crippen LogP contribution in [0.15, 0.2) is 175 Å². The number of esters is 1. The van der Waals surface area contributed by atoms with Crippen molar-refractivity contribution in [2.45, 2.75) is 262 Å². The molecule has 108 heavy (non-hydrogen) atoms. The summed E-state index contributed by atoms with van der Waals surface area (Å²) in [5.74, 6) is 1.65. The number of halogens is 2. The number of allylic oxidation sites excluding steroid dienone is 2. The number of hydrogen-bond donors (Lipinski definition) is 4. The fourth-order valence-electron chi connectivity index (χ4n) is 14.9. The van der Waals surface area contributed by atoms with Gasteiger partial charge in [0.05, 0.1) is 49.7 Å². The van der Waals surface area contributed by atoms with Crippen molar-refractivity contribution >= 4 is 65.5 Å². The predicted octanol–water partition coefficient (Wildman–Crippen LogP) is 13.8. The molecule has 1 saturated heterocycles. The van der Waals surface area contributed by atoms with E-state index in [4.69, 9.17) is 22.8 Å². The number of aliphatic carboxylic acids is 1. The van der Waals surface area contributed by atoms with Gasteiger partial charge in [0, 0.05) is 43.5 Å². The van der Waals surface area contributed by atoms with Crippen LogP contribution in [0, 0.1) is 29.1 Å². The van der Waals surface area contributed by atoms with Gasteiger partial charge in [0.15, 0.2) is 31.2 Å². The molecule has 0 spiro atoms. The van der Waals surface area contributed by atoms with Gasteiger partial charge in [0.1, 0.15) is 19.0 Å². The van der Waals surface area contributed by atoms with Crippen molar-refractivity contribution in [1.29, 1.82) is 0 Å². The molecule has 5 aliphatic rings. The van der Waals surface area contributed by atoms with Gasteiger partial charge in [-0.2, -0.15) is 0 Å². The first-order chi connectivity index (χ1) is 50.5. The van der Waals surface area contributed by atoms with Crippen LogP contribution in [0.2, 0.25) is 54.4 Å². The Morgan fingerprint density at radius 1 is 0.565 bits per heavy atom. The van der Waals surface area contributed by atoms with Crippen LogP contribution >= 0.6 is 6.89 Å². The summed E-state index contributed by atoms with van der Waals surface area (Å²) in [6.07, 6.45) is 15.6. The quantitative estimate of drug-likeness (QED) is 0.0112. The molecule has 4 N–H and O–H groups in total. The minimum absolute atomic E-state index is 0. The van der Waals surface area contributed by atoms with Gasteiger partial charge in [0.2, 0.25) is 0 Å². The molecule has 3 fully saturated rings. The SMILES string of the molecule is CC(C)(C)[Si](C)(C)OC(C/C=C1\C2CC(O)OC2C[C@@H]1F)C1Cc2ccccc2C1.CC(C)(C)[Si](C)(C)O[C@H]1C[C@H](F)/C(=C/C[C@@H](O[Si](C)(C)C(C)(C)C)C2Cc3ccccc3C2)[C@H]1C/C=C\CCCC(=O)OCC(CO)(CO)CO.O=C([O-])CCCC=P(c1ccccc1)(c1ccccc1)c1ccccc1.[K+]. The number of carboxylic acid groups (broad SMARTS) is 1. The Balaban J connectivity index is 0.000000241. The molecule has 1 aliphatic heterocycles. The number of carbonyl (C=O) groups is 2. The number of unbranched alkanes of at least 4 members (excludes halogenated alkanes) is 2. The van der Waals surface area contributed by atoms with Crippen LogP contribution < -0.4 is 72.4 Å². The zero-order chi connectivity index (χ0) is 78.2. The number of aliphatic hydroxyl groups is 4. The first kappa shape index (κ1) is 91.6. The molecule has 4 aliphatic carbocycles.